The van der Waals surface area contributed by atoms with Crippen LogP contribution in [0.25, 0.3) is 0 Å². The number of hydrogen-bond donors (Lipinski definition) is 8. The molecule has 1 unspecified atom stereocenters. The van der Waals surface area contributed by atoms with Crippen molar-refractivity contribution in [2.45, 2.75) is 155 Å². The van der Waals surface area contributed by atoms with E-state index in [-0.39, 0.29) is 73.7 Å². The Morgan fingerprint density at radius 1 is 0.734 bits per heavy atom. The van der Waals surface area contributed by atoms with E-state index in [9.17, 15) is 47.9 Å². The maximum atomic E-state index is 14.2. The number of anilines is 1. The van der Waals surface area contributed by atoms with Gasteiger partial charge in [0.2, 0.25) is 53.2 Å². The molecule has 9 N–H and O–H groups in total. The summed E-state index contributed by atoms with van der Waals surface area (Å²) in [4.78, 5) is 136. The van der Waals surface area contributed by atoms with Crippen LogP contribution in [0.15, 0.2) is 24.3 Å². The summed E-state index contributed by atoms with van der Waals surface area (Å²) in [6, 6.07) is 3.02. The molecule has 0 aromatic heterocycles. The zero-order valence-corrected chi connectivity index (χ0v) is 48.6. The number of hydrogen-bond acceptors (Lipinski definition) is 14. The highest BCUT2D eigenvalue weighted by Gasteiger charge is 2.42. The van der Waals surface area contributed by atoms with Crippen molar-refractivity contribution in [1.82, 2.24) is 46.2 Å². The minimum absolute atomic E-state index is 0.0192. The largest absolute Gasteiger partial charge is 0.481 e. The molecule has 0 radical (unpaired) electrons. The van der Waals surface area contributed by atoms with Gasteiger partial charge in [0.05, 0.1) is 61.7 Å². The number of carbonyl (C=O) groups is 10. The molecule has 1 aromatic rings. The first-order valence-corrected chi connectivity index (χ1v) is 27.6. The van der Waals surface area contributed by atoms with Crippen LogP contribution < -0.4 is 37.6 Å². The van der Waals surface area contributed by atoms with Crippen LogP contribution in [-0.2, 0) is 63.8 Å². The molecule has 0 spiro atoms. The number of ether oxygens (including phenoxy) is 2. The minimum Gasteiger partial charge on any atom is -0.481 e. The third-order valence-corrected chi connectivity index (χ3v) is 15.2. The molecule has 0 aliphatic carbocycles. The molecular formula is C55H91N11O13. The molecule has 2 saturated heterocycles. The fourth-order valence-electron chi connectivity index (χ4n) is 10.4. The van der Waals surface area contributed by atoms with E-state index >= 15 is 0 Å². The van der Waals surface area contributed by atoms with Crippen molar-refractivity contribution >= 4 is 64.8 Å². The van der Waals surface area contributed by atoms with E-state index in [1.165, 1.54) is 33.0 Å². The van der Waals surface area contributed by atoms with E-state index in [1.807, 2.05) is 46.7 Å². The molecule has 24 nitrogen and oxygen atoms in total. The number of aliphatic carboxylic acids is 1. The van der Waals surface area contributed by atoms with Gasteiger partial charge in [-0.2, -0.15) is 0 Å². The van der Waals surface area contributed by atoms with Crippen molar-refractivity contribution in [2.75, 3.05) is 79.9 Å². The average Bonchev–Trinajstić information content (AvgIpc) is 3.93. The summed E-state index contributed by atoms with van der Waals surface area (Å²) in [7, 11) is 8.35. The maximum absolute atomic E-state index is 14.2. The molecule has 1 aromatic carbocycles. The maximum Gasteiger partial charge on any atom is 0.306 e. The van der Waals surface area contributed by atoms with Crippen LogP contribution in [0.1, 0.15) is 105 Å². The molecule has 79 heavy (non-hydrogen) atoms. The first-order valence-electron chi connectivity index (χ1n) is 27.6. The number of nitrogens with two attached hydrogens (primary N) is 1. The smallest absolute Gasteiger partial charge is 0.306 e. The van der Waals surface area contributed by atoms with Crippen molar-refractivity contribution in [3.05, 3.63) is 29.8 Å². The lowest BCUT2D eigenvalue weighted by Gasteiger charge is -2.39. The molecule has 2 aliphatic rings. The van der Waals surface area contributed by atoms with Gasteiger partial charge >= 0.3 is 5.97 Å². The fraction of sp³-hybridized carbons (Fsp3) is 0.709. The third-order valence-electron chi connectivity index (χ3n) is 15.2. The Bertz CT molecular complexity index is 2220. The summed E-state index contributed by atoms with van der Waals surface area (Å²) in [5, 5.41) is 25.2. The van der Waals surface area contributed by atoms with E-state index in [2.05, 4.69) is 31.9 Å². The van der Waals surface area contributed by atoms with Gasteiger partial charge in [-0.3, -0.25) is 52.8 Å². The van der Waals surface area contributed by atoms with E-state index in [4.69, 9.17) is 20.3 Å². The van der Waals surface area contributed by atoms with Crippen LogP contribution in [0.5, 0.6) is 0 Å². The number of nitrogens with zero attached hydrogens (tertiary/aromatic N) is 4. The van der Waals surface area contributed by atoms with E-state index < -0.39 is 96.4 Å². The Morgan fingerprint density at radius 2 is 1.35 bits per heavy atom. The van der Waals surface area contributed by atoms with Crippen LogP contribution in [0.2, 0.25) is 0 Å². The molecule has 9 amide bonds. The van der Waals surface area contributed by atoms with Crippen LogP contribution >= 0.6 is 0 Å². The Morgan fingerprint density at radius 3 is 1.91 bits per heavy atom. The number of likely N-dealkylation sites (tertiary alicyclic amines) is 2. The predicted octanol–water partition coefficient (Wildman–Crippen LogP) is 0.463. The van der Waals surface area contributed by atoms with E-state index in [0.29, 0.717) is 63.8 Å². The average molecular weight is 1110 g/mol. The molecule has 0 bridgehead atoms. The van der Waals surface area contributed by atoms with E-state index in [1.54, 1.807) is 48.0 Å². The third kappa shape index (κ3) is 20.4. The standard InChI is InChI=1S/C55H91N11O13/c1-13-33(4)49(64(10)47(71)31-58-54(75)48(32(2)3)63(8)9)42(78-11)28-46(70)66-24-14-15-41(66)50(79-12)34(5)51(72)62-40(29-56)27-37-16-18-39(19-17-37)61-44(68)30-57-52(73)35(6)60-53(74)36(7)59-43(67)20-21-45(69)65-25-22-38(23-26-65)55(76)77/h16-19,32-36,38,40-42,48-50H,13-15,20-31,56H2,1-12H3,(H,57,73)(H,58,75)(H,59,67)(H,60,74)(H,61,68)(H,62,72)(H,76,77)/t33-,34+,35-,36-,40-,41-,42+,48?,49-,50+/m0/s1. The molecule has 2 heterocycles. The number of rotatable bonds is 31. The van der Waals surface area contributed by atoms with E-state index in [0.717, 1.165) is 5.56 Å². The van der Waals surface area contributed by atoms with Gasteiger partial charge < -0.3 is 66.9 Å². The second-order valence-corrected chi connectivity index (χ2v) is 21.6. The summed E-state index contributed by atoms with van der Waals surface area (Å²) in [5.74, 6) is -5.79. The van der Waals surface area contributed by atoms with Gasteiger partial charge in [-0.05, 0) is 89.6 Å². The Kier molecular flexibility index (Phi) is 27.8. The first-order chi connectivity index (χ1) is 37.3. The lowest BCUT2D eigenvalue weighted by Crippen LogP contribution is -2.55. The Balaban J connectivity index is 1.49. The van der Waals surface area contributed by atoms with Crippen molar-refractivity contribution in [2.24, 2.45) is 29.4 Å². The number of nitrogens with one attached hydrogen (secondary N) is 6. The lowest BCUT2D eigenvalue weighted by molar-refractivity contribution is -0.146. The lowest BCUT2D eigenvalue weighted by atomic mass is 9.90. The summed E-state index contributed by atoms with van der Waals surface area (Å²) in [5.41, 5.74) is 7.41. The summed E-state index contributed by atoms with van der Waals surface area (Å²) in [6.45, 7) is 13.1. The molecule has 444 valence electrons. The summed E-state index contributed by atoms with van der Waals surface area (Å²) < 4.78 is 11.9. The zero-order valence-electron chi connectivity index (χ0n) is 48.6. The zero-order chi connectivity index (χ0) is 59.3. The highest BCUT2D eigenvalue weighted by atomic mass is 16.5. The molecule has 3 rings (SSSR count). The Hall–Kier alpha value is -6.24. The minimum atomic E-state index is -1.06. The van der Waals surface area contributed by atoms with Crippen LogP contribution in [0.4, 0.5) is 5.69 Å². The molecular weight excluding hydrogens is 1020 g/mol. The Labute approximate surface area is 466 Å². The van der Waals surface area contributed by atoms with Gasteiger partial charge in [-0.25, -0.2) is 0 Å². The van der Waals surface area contributed by atoms with Crippen molar-refractivity contribution in [1.29, 1.82) is 0 Å². The summed E-state index contributed by atoms with van der Waals surface area (Å²) >= 11 is 0. The monoisotopic (exact) mass is 1110 g/mol. The number of methoxy groups -OCH3 is 2. The quantitative estimate of drug-likeness (QED) is 0.0501. The van der Waals surface area contributed by atoms with Crippen LogP contribution in [-0.4, -0.2) is 207 Å². The van der Waals surface area contributed by atoms with Gasteiger partial charge in [-0.1, -0.05) is 53.2 Å². The van der Waals surface area contributed by atoms with Gasteiger partial charge in [0.25, 0.3) is 0 Å². The molecule has 2 fully saturated rings. The highest BCUT2D eigenvalue weighted by molar-refractivity contribution is 5.97. The normalized spacial score (nSPS) is 18.2. The first kappa shape index (κ1) is 67.0. The second-order valence-electron chi connectivity index (χ2n) is 21.6. The SMILES string of the molecule is CC[C@H](C)[C@@H]([C@@H](CC(=O)N1CCC[C@H]1[C@H](OC)[C@@H](C)C(=O)N[C@H](CN)Cc1ccc(NC(=O)CNC(=O)[C@H](C)NC(=O)[C@H](C)NC(=O)CCC(=O)N2CCC(C(=O)O)CC2)cc1)OC)N(C)C(=O)CNC(=O)C(C(C)C)N(C)C. The van der Waals surface area contributed by atoms with Crippen molar-refractivity contribution in [3.63, 3.8) is 0 Å². The summed E-state index contributed by atoms with van der Waals surface area (Å²) in [6.07, 6.45) is 1.46. The molecule has 24 heteroatoms. The molecule has 0 saturated carbocycles. The number of carboxylic acid groups (broad SMARTS) is 1. The molecule has 2 aliphatic heterocycles. The van der Waals surface area contributed by atoms with Crippen LogP contribution in [0, 0.1) is 23.7 Å². The van der Waals surface area contributed by atoms with Gasteiger partial charge in [0.15, 0.2) is 0 Å². The fourth-order valence-corrected chi connectivity index (χ4v) is 10.4. The number of carbonyl (C=O) groups excluding carboxylic acids is 9. The van der Waals surface area contributed by atoms with Gasteiger partial charge in [0.1, 0.15) is 12.1 Å². The van der Waals surface area contributed by atoms with Crippen molar-refractivity contribution in [3.8, 4) is 0 Å². The number of likely N-dealkylation sites (N-methyl/N-ethyl adjacent to an activating group) is 2. The van der Waals surface area contributed by atoms with Crippen LogP contribution in [0.3, 0.4) is 0 Å². The predicted molar refractivity (Wildman–Crippen MR) is 296 cm³/mol. The topological polar surface area (TPSA) is 321 Å². The number of carboxylic acids is 1. The number of amides is 9. The number of piperidine rings is 1. The van der Waals surface area contributed by atoms with Crippen molar-refractivity contribution < 1.29 is 62.5 Å². The highest BCUT2D eigenvalue weighted by Crippen LogP contribution is 2.30. The molecule has 10 atom stereocenters. The number of benzene rings is 1. The van der Waals surface area contributed by atoms with Gasteiger partial charge in [0, 0.05) is 72.0 Å². The van der Waals surface area contributed by atoms with Gasteiger partial charge in [-0.15, -0.1) is 0 Å². The second kappa shape index (κ2) is 32.7.